The third kappa shape index (κ3) is 9.21. The first-order valence-corrected chi connectivity index (χ1v) is 4.83. The van der Waals surface area contributed by atoms with Crippen LogP contribution in [-0.2, 0) is 14.3 Å². The number of carboxylic acid groups (broad SMARTS) is 1. The predicted molar refractivity (Wildman–Crippen MR) is 55.6 cm³/mol. The van der Waals surface area contributed by atoms with Crippen molar-refractivity contribution in [2.45, 2.75) is 32.8 Å². The van der Waals surface area contributed by atoms with Crippen molar-refractivity contribution in [3.05, 3.63) is 0 Å². The molecule has 88 valence electrons. The quantitative estimate of drug-likeness (QED) is 0.688. The Bertz CT molecular complexity index is 232. The fourth-order valence-electron chi connectivity index (χ4n) is 0.960. The Morgan fingerprint density at radius 1 is 1.33 bits per heavy atom. The van der Waals surface area contributed by atoms with E-state index < -0.39 is 11.6 Å². The van der Waals surface area contributed by atoms with Gasteiger partial charge in [0.05, 0.1) is 13.0 Å². The van der Waals surface area contributed by atoms with Crippen molar-refractivity contribution in [1.29, 1.82) is 0 Å². The number of ether oxygens (including phenoxy) is 1. The molecule has 0 aliphatic carbocycles. The van der Waals surface area contributed by atoms with Crippen LogP contribution in [0.2, 0.25) is 0 Å². The molecule has 0 fully saturated rings. The number of carbonyl (C=O) groups excluding carboxylic acids is 1. The molecular weight excluding hydrogens is 198 g/mol. The Balaban J connectivity index is 3.81. The molecule has 0 aromatic rings. The van der Waals surface area contributed by atoms with Crippen LogP contribution < -0.4 is 0 Å². The first-order valence-electron chi connectivity index (χ1n) is 4.83. The van der Waals surface area contributed by atoms with Gasteiger partial charge in [0, 0.05) is 6.54 Å². The van der Waals surface area contributed by atoms with E-state index in [2.05, 4.69) is 0 Å². The van der Waals surface area contributed by atoms with E-state index in [1.807, 2.05) is 0 Å². The summed E-state index contributed by atoms with van der Waals surface area (Å²) in [6, 6.07) is 0. The standard InChI is InChI=1S/C10H19NO4/c1-10(2,3)15-9(14)7-11(4)6-5-8(12)13/h5-7H2,1-4H3,(H,12,13). The highest BCUT2D eigenvalue weighted by Crippen LogP contribution is 2.07. The Morgan fingerprint density at radius 2 is 1.87 bits per heavy atom. The molecule has 0 aromatic heterocycles. The second-order valence-electron chi connectivity index (χ2n) is 4.47. The van der Waals surface area contributed by atoms with Gasteiger partial charge in [-0.05, 0) is 27.8 Å². The van der Waals surface area contributed by atoms with E-state index in [0.29, 0.717) is 6.54 Å². The molecule has 0 amide bonds. The molecule has 1 N–H and O–H groups in total. The molecule has 15 heavy (non-hydrogen) atoms. The van der Waals surface area contributed by atoms with Crippen LogP contribution in [0.5, 0.6) is 0 Å². The number of hydrogen-bond donors (Lipinski definition) is 1. The zero-order valence-corrected chi connectivity index (χ0v) is 9.74. The van der Waals surface area contributed by atoms with Gasteiger partial charge < -0.3 is 9.84 Å². The number of carbonyl (C=O) groups is 2. The van der Waals surface area contributed by atoms with Gasteiger partial charge in [-0.15, -0.1) is 0 Å². The highest BCUT2D eigenvalue weighted by molar-refractivity contribution is 5.72. The van der Waals surface area contributed by atoms with Crippen LogP contribution in [0.3, 0.4) is 0 Å². The van der Waals surface area contributed by atoms with E-state index in [1.165, 1.54) is 0 Å². The Hall–Kier alpha value is -1.10. The number of hydrogen-bond acceptors (Lipinski definition) is 4. The van der Waals surface area contributed by atoms with E-state index >= 15 is 0 Å². The van der Waals surface area contributed by atoms with E-state index in [4.69, 9.17) is 9.84 Å². The molecule has 0 saturated heterocycles. The number of carboxylic acids is 1. The van der Waals surface area contributed by atoms with Crippen molar-refractivity contribution in [2.75, 3.05) is 20.1 Å². The first-order chi connectivity index (χ1) is 6.70. The highest BCUT2D eigenvalue weighted by atomic mass is 16.6. The molecule has 0 radical (unpaired) electrons. The average molecular weight is 217 g/mol. The second-order valence-corrected chi connectivity index (χ2v) is 4.47. The molecule has 0 atom stereocenters. The fourth-order valence-corrected chi connectivity index (χ4v) is 0.960. The zero-order chi connectivity index (χ0) is 12.1. The van der Waals surface area contributed by atoms with E-state index in [0.717, 1.165) is 0 Å². The lowest BCUT2D eigenvalue weighted by Gasteiger charge is -2.22. The maximum atomic E-state index is 11.3. The predicted octanol–water partition coefficient (Wildman–Crippen LogP) is 0.735. The van der Waals surface area contributed by atoms with Crippen molar-refractivity contribution < 1.29 is 19.4 Å². The molecule has 0 aromatic carbocycles. The van der Waals surface area contributed by atoms with Gasteiger partial charge in [0.2, 0.25) is 0 Å². The summed E-state index contributed by atoms with van der Waals surface area (Å²) in [7, 11) is 1.69. The summed E-state index contributed by atoms with van der Waals surface area (Å²) < 4.78 is 5.09. The van der Waals surface area contributed by atoms with Gasteiger partial charge in [-0.3, -0.25) is 14.5 Å². The average Bonchev–Trinajstić information content (AvgIpc) is 1.96. The summed E-state index contributed by atoms with van der Waals surface area (Å²) in [5, 5.41) is 8.44. The number of aliphatic carboxylic acids is 1. The largest absolute Gasteiger partial charge is 0.481 e. The van der Waals surface area contributed by atoms with Crippen LogP contribution >= 0.6 is 0 Å². The second kappa shape index (κ2) is 5.70. The molecule has 0 aliphatic heterocycles. The molecule has 0 unspecified atom stereocenters. The summed E-state index contributed by atoms with van der Waals surface area (Å²) >= 11 is 0. The Labute approximate surface area is 90.0 Å². The number of likely N-dealkylation sites (N-methyl/N-ethyl adjacent to an activating group) is 1. The van der Waals surface area contributed by atoms with Crippen LogP contribution in [0.25, 0.3) is 0 Å². The molecule has 0 rings (SSSR count). The zero-order valence-electron chi connectivity index (χ0n) is 9.74. The normalized spacial score (nSPS) is 11.5. The van der Waals surface area contributed by atoms with Crippen LogP contribution in [0.4, 0.5) is 0 Å². The van der Waals surface area contributed by atoms with Crippen molar-refractivity contribution in [2.24, 2.45) is 0 Å². The van der Waals surface area contributed by atoms with E-state index in [9.17, 15) is 9.59 Å². The summed E-state index contributed by atoms with van der Waals surface area (Å²) in [6.07, 6.45) is 0.0271. The molecule has 5 nitrogen and oxygen atoms in total. The van der Waals surface area contributed by atoms with Crippen molar-refractivity contribution in [3.63, 3.8) is 0 Å². The van der Waals surface area contributed by atoms with Gasteiger partial charge in [-0.25, -0.2) is 0 Å². The lowest BCUT2D eigenvalue weighted by atomic mass is 10.2. The monoisotopic (exact) mass is 217 g/mol. The molecule has 5 heteroatoms. The molecule has 0 spiro atoms. The minimum absolute atomic E-state index is 0.0271. The van der Waals surface area contributed by atoms with Crippen molar-refractivity contribution in [3.8, 4) is 0 Å². The SMILES string of the molecule is CN(CCC(=O)O)CC(=O)OC(C)(C)C. The molecular formula is C10H19NO4. The molecule has 0 bridgehead atoms. The van der Waals surface area contributed by atoms with Gasteiger partial charge in [0.1, 0.15) is 5.60 Å². The van der Waals surface area contributed by atoms with Gasteiger partial charge in [-0.1, -0.05) is 0 Å². The maximum Gasteiger partial charge on any atom is 0.320 e. The summed E-state index contributed by atoms with van der Waals surface area (Å²) in [5.74, 6) is -1.21. The smallest absolute Gasteiger partial charge is 0.320 e. The van der Waals surface area contributed by atoms with Crippen LogP contribution in [-0.4, -0.2) is 47.7 Å². The number of rotatable bonds is 5. The third-order valence-electron chi connectivity index (χ3n) is 1.53. The van der Waals surface area contributed by atoms with Gasteiger partial charge >= 0.3 is 11.9 Å². The maximum absolute atomic E-state index is 11.3. The van der Waals surface area contributed by atoms with Gasteiger partial charge in [0.25, 0.3) is 0 Å². The van der Waals surface area contributed by atoms with Gasteiger partial charge in [-0.2, -0.15) is 0 Å². The summed E-state index contributed by atoms with van der Waals surface area (Å²) in [4.78, 5) is 23.2. The van der Waals surface area contributed by atoms with Crippen molar-refractivity contribution >= 4 is 11.9 Å². The number of nitrogens with zero attached hydrogens (tertiary/aromatic N) is 1. The summed E-state index contributed by atoms with van der Waals surface area (Å²) in [5.41, 5.74) is -0.495. The van der Waals surface area contributed by atoms with E-state index in [1.54, 1.807) is 32.7 Å². The van der Waals surface area contributed by atoms with Crippen molar-refractivity contribution in [1.82, 2.24) is 4.90 Å². The highest BCUT2D eigenvalue weighted by Gasteiger charge is 2.17. The van der Waals surface area contributed by atoms with E-state index in [-0.39, 0.29) is 18.9 Å². The third-order valence-corrected chi connectivity index (χ3v) is 1.53. The fraction of sp³-hybridized carbons (Fsp3) is 0.800. The number of esters is 1. The topological polar surface area (TPSA) is 66.8 Å². The Kier molecular flexibility index (Phi) is 5.28. The van der Waals surface area contributed by atoms with Crippen LogP contribution in [0.15, 0.2) is 0 Å². The lowest BCUT2D eigenvalue weighted by molar-refractivity contribution is -0.156. The van der Waals surface area contributed by atoms with Crippen LogP contribution in [0, 0.1) is 0 Å². The van der Waals surface area contributed by atoms with Crippen LogP contribution in [0.1, 0.15) is 27.2 Å². The molecule has 0 heterocycles. The minimum atomic E-state index is -0.869. The first kappa shape index (κ1) is 13.9. The van der Waals surface area contributed by atoms with Gasteiger partial charge in [0.15, 0.2) is 0 Å². The lowest BCUT2D eigenvalue weighted by Crippen LogP contribution is -2.33. The molecule has 0 aliphatic rings. The molecule has 0 saturated carbocycles. The minimum Gasteiger partial charge on any atom is -0.481 e. The summed E-state index contributed by atoms with van der Waals surface area (Å²) in [6.45, 7) is 5.84. The Morgan fingerprint density at radius 3 is 2.27 bits per heavy atom.